The minimum atomic E-state index is -0.718. The lowest BCUT2D eigenvalue weighted by atomic mass is 9.48. The van der Waals surface area contributed by atoms with Crippen LogP contribution in [0.2, 0.25) is 0 Å². The van der Waals surface area contributed by atoms with Crippen molar-refractivity contribution >= 4 is 29.6 Å². The highest BCUT2D eigenvalue weighted by Crippen LogP contribution is 2.60. The maximum absolute atomic E-state index is 13.2. The number of barbiturate groups is 1. The van der Waals surface area contributed by atoms with E-state index in [1.807, 2.05) is 12.1 Å². The summed E-state index contributed by atoms with van der Waals surface area (Å²) in [5, 5.41) is 2.31. The monoisotopic (exact) mass is 456 g/mol. The molecule has 6 nitrogen and oxygen atoms in total. The molecule has 4 amide bonds. The molecule has 0 unspecified atom stereocenters. The number of anilines is 1. The molecule has 6 heteroatoms. The highest BCUT2D eigenvalue weighted by atomic mass is 16.5. The van der Waals surface area contributed by atoms with E-state index in [9.17, 15) is 14.4 Å². The predicted molar refractivity (Wildman–Crippen MR) is 128 cm³/mol. The second-order valence-electron chi connectivity index (χ2n) is 10.5. The van der Waals surface area contributed by atoms with Gasteiger partial charge in [0, 0.05) is 0 Å². The first-order valence-corrected chi connectivity index (χ1v) is 12.1. The van der Waals surface area contributed by atoms with Crippen LogP contribution < -0.4 is 15.0 Å². The Kier molecular flexibility index (Phi) is 4.87. The van der Waals surface area contributed by atoms with E-state index >= 15 is 0 Å². The lowest BCUT2D eigenvalue weighted by molar-refractivity contribution is -0.122. The summed E-state index contributed by atoms with van der Waals surface area (Å²) in [7, 11) is 1.57. The summed E-state index contributed by atoms with van der Waals surface area (Å²) < 4.78 is 5.16. The quantitative estimate of drug-likeness (QED) is 0.528. The Labute approximate surface area is 199 Å². The van der Waals surface area contributed by atoms with Crippen LogP contribution in [0.15, 0.2) is 54.1 Å². The van der Waals surface area contributed by atoms with Gasteiger partial charge in [-0.25, -0.2) is 9.69 Å². The third-order valence-corrected chi connectivity index (χ3v) is 8.30. The van der Waals surface area contributed by atoms with Crippen molar-refractivity contribution in [2.24, 2.45) is 17.8 Å². The van der Waals surface area contributed by atoms with Crippen molar-refractivity contribution in [2.45, 2.75) is 43.9 Å². The zero-order valence-electron chi connectivity index (χ0n) is 19.3. The van der Waals surface area contributed by atoms with Gasteiger partial charge in [-0.05, 0) is 103 Å². The molecule has 0 spiro atoms. The predicted octanol–water partition coefficient (Wildman–Crippen LogP) is 4.83. The van der Waals surface area contributed by atoms with Crippen molar-refractivity contribution in [1.82, 2.24) is 5.32 Å². The fraction of sp³-hybridized carbons (Fsp3) is 0.393. The molecule has 34 heavy (non-hydrogen) atoms. The zero-order valence-corrected chi connectivity index (χ0v) is 19.3. The van der Waals surface area contributed by atoms with Crippen LogP contribution in [0.1, 0.15) is 49.7 Å². The highest BCUT2D eigenvalue weighted by Gasteiger charge is 2.51. The average Bonchev–Trinajstić information content (AvgIpc) is 2.81. The van der Waals surface area contributed by atoms with E-state index in [4.69, 9.17) is 4.74 Å². The van der Waals surface area contributed by atoms with Gasteiger partial charge in [-0.2, -0.15) is 0 Å². The molecule has 7 rings (SSSR count). The smallest absolute Gasteiger partial charge is 0.335 e. The molecule has 2 aromatic rings. The van der Waals surface area contributed by atoms with Crippen LogP contribution in [0.4, 0.5) is 10.5 Å². The number of rotatable bonds is 4. The Bertz CT molecular complexity index is 1160. The number of benzene rings is 2. The van der Waals surface area contributed by atoms with E-state index in [1.54, 1.807) is 31.4 Å². The summed E-state index contributed by atoms with van der Waals surface area (Å²) in [5.74, 6) is 1.91. The number of urea groups is 1. The minimum Gasteiger partial charge on any atom is -0.497 e. The van der Waals surface area contributed by atoms with Gasteiger partial charge in [0.05, 0.1) is 12.8 Å². The van der Waals surface area contributed by atoms with Gasteiger partial charge in [0.2, 0.25) is 0 Å². The van der Waals surface area contributed by atoms with Crippen molar-refractivity contribution in [3.8, 4) is 5.75 Å². The maximum Gasteiger partial charge on any atom is 0.335 e. The number of carbonyl (C=O) groups excluding carboxylic acids is 3. The van der Waals surface area contributed by atoms with Crippen LogP contribution in [0.5, 0.6) is 5.75 Å². The minimum absolute atomic E-state index is 0.0741. The third-order valence-electron chi connectivity index (χ3n) is 8.30. The molecule has 174 valence electrons. The third kappa shape index (κ3) is 3.44. The van der Waals surface area contributed by atoms with Crippen LogP contribution in [-0.4, -0.2) is 25.0 Å². The van der Waals surface area contributed by atoms with Crippen molar-refractivity contribution in [3.05, 3.63) is 65.2 Å². The summed E-state index contributed by atoms with van der Waals surface area (Å²) in [5.41, 5.74) is 2.65. The van der Waals surface area contributed by atoms with Crippen LogP contribution in [-0.2, 0) is 15.0 Å². The number of carbonyl (C=O) groups is 3. The first kappa shape index (κ1) is 21.1. The molecule has 1 saturated heterocycles. The Morgan fingerprint density at radius 1 is 0.882 bits per heavy atom. The zero-order chi connectivity index (χ0) is 23.4. The van der Waals surface area contributed by atoms with Gasteiger partial charge >= 0.3 is 6.03 Å². The first-order chi connectivity index (χ1) is 16.4. The second kappa shape index (κ2) is 7.83. The number of methoxy groups -OCH3 is 1. The molecular weight excluding hydrogens is 428 g/mol. The van der Waals surface area contributed by atoms with Gasteiger partial charge in [-0.15, -0.1) is 0 Å². The molecule has 0 atom stereocenters. The molecule has 1 heterocycles. The number of amides is 4. The Morgan fingerprint density at radius 3 is 2.03 bits per heavy atom. The number of ether oxygens (including phenoxy) is 1. The number of hydrogen-bond acceptors (Lipinski definition) is 4. The fourth-order valence-corrected chi connectivity index (χ4v) is 7.19. The molecule has 1 aliphatic heterocycles. The number of hydrogen-bond donors (Lipinski definition) is 1. The normalized spacial score (nSPS) is 31.2. The van der Waals surface area contributed by atoms with E-state index < -0.39 is 17.8 Å². The van der Waals surface area contributed by atoms with Crippen LogP contribution >= 0.6 is 0 Å². The molecule has 0 aromatic heterocycles. The van der Waals surface area contributed by atoms with Gasteiger partial charge < -0.3 is 4.74 Å². The second-order valence-corrected chi connectivity index (χ2v) is 10.5. The van der Waals surface area contributed by atoms with E-state index in [1.165, 1.54) is 50.2 Å². The number of nitrogens with one attached hydrogen (secondary N) is 1. The van der Waals surface area contributed by atoms with Gasteiger partial charge in [0.25, 0.3) is 11.8 Å². The Hall–Kier alpha value is -3.41. The Balaban J connectivity index is 1.28. The summed E-state index contributed by atoms with van der Waals surface area (Å²) in [6.45, 7) is 0. The van der Waals surface area contributed by atoms with E-state index in [2.05, 4.69) is 17.4 Å². The van der Waals surface area contributed by atoms with E-state index in [0.29, 0.717) is 17.0 Å². The molecule has 4 aliphatic carbocycles. The molecule has 0 radical (unpaired) electrons. The average molecular weight is 457 g/mol. The Morgan fingerprint density at radius 2 is 1.47 bits per heavy atom. The first-order valence-electron chi connectivity index (χ1n) is 12.1. The van der Waals surface area contributed by atoms with Crippen LogP contribution in [0.3, 0.4) is 0 Å². The van der Waals surface area contributed by atoms with Crippen LogP contribution in [0.25, 0.3) is 6.08 Å². The fourth-order valence-electron chi connectivity index (χ4n) is 7.19. The summed E-state index contributed by atoms with van der Waals surface area (Å²) >= 11 is 0. The van der Waals surface area contributed by atoms with Gasteiger partial charge in [-0.1, -0.05) is 24.3 Å². The molecular formula is C28H28N2O4. The van der Waals surface area contributed by atoms with E-state index in [-0.39, 0.29) is 11.0 Å². The van der Waals surface area contributed by atoms with Crippen molar-refractivity contribution < 1.29 is 19.1 Å². The molecule has 4 bridgehead atoms. The largest absolute Gasteiger partial charge is 0.497 e. The molecule has 5 aliphatic rings. The maximum atomic E-state index is 13.2. The summed E-state index contributed by atoms with van der Waals surface area (Å²) in [4.78, 5) is 39.4. The molecule has 5 fully saturated rings. The molecule has 4 saturated carbocycles. The SMILES string of the molecule is COc1ccc(/C=C2\C(=O)NC(=O)N(c3ccc(C45CC6CC(CC(C6)C4)C5)cc3)C2=O)cc1. The highest BCUT2D eigenvalue weighted by molar-refractivity contribution is 6.39. The van der Waals surface area contributed by atoms with Gasteiger partial charge in [0.1, 0.15) is 11.3 Å². The van der Waals surface area contributed by atoms with Gasteiger partial charge in [-0.3, -0.25) is 14.9 Å². The molecule has 1 N–H and O–H groups in total. The van der Waals surface area contributed by atoms with Crippen molar-refractivity contribution in [3.63, 3.8) is 0 Å². The van der Waals surface area contributed by atoms with Gasteiger partial charge in [0.15, 0.2) is 0 Å². The van der Waals surface area contributed by atoms with Crippen molar-refractivity contribution in [1.29, 1.82) is 0 Å². The lowest BCUT2D eigenvalue weighted by Gasteiger charge is -2.57. The number of imide groups is 2. The van der Waals surface area contributed by atoms with Crippen molar-refractivity contribution in [2.75, 3.05) is 12.0 Å². The summed E-state index contributed by atoms with van der Waals surface area (Å²) in [6, 6.07) is 14.2. The standard InChI is InChI=1S/C28H28N2O4/c1-34-23-8-2-17(3-9-23)13-24-25(31)29-27(33)30(26(24)32)22-6-4-21(5-7-22)28-14-18-10-19(15-28)12-20(11-18)16-28/h2-9,13,18-20H,10-12,14-16H2,1H3,(H,29,31,33)/b24-13+. The topological polar surface area (TPSA) is 75.7 Å². The number of nitrogens with zero attached hydrogens (tertiary/aromatic N) is 1. The lowest BCUT2D eigenvalue weighted by Crippen LogP contribution is -2.54. The summed E-state index contributed by atoms with van der Waals surface area (Å²) in [6.07, 6.45) is 9.42. The van der Waals surface area contributed by atoms with Crippen LogP contribution in [0, 0.1) is 17.8 Å². The van der Waals surface area contributed by atoms with E-state index in [0.717, 1.165) is 22.7 Å². The molecule has 2 aromatic carbocycles.